The number of pyridine rings is 1. The van der Waals surface area contributed by atoms with Crippen molar-refractivity contribution in [3.63, 3.8) is 0 Å². The molecule has 60 heavy (non-hydrogen) atoms. The highest BCUT2D eigenvalue weighted by molar-refractivity contribution is 6.33. The lowest BCUT2D eigenvalue weighted by atomic mass is 10.0. The van der Waals surface area contributed by atoms with Crippen molar-refractivity contribution < 1.29 is 46.6 Å². The summed E-state index contributed by atoms with van der Waals surface area (Å²) < 4.78 is 52.7. The van der Waals surface area contributed by atoms with Crippen LogP contribution in [0.3, 0.4) is 0 Å². The van der Waals surface area contributed by atoms with Gasteiger partial charge in [0, 0.05) is 83.2 Å². The average Bonchev–Trinajstić information content (AvgIpc) is 3.24. The number of fused-ring (bicyclic) bond motifs is 1. The maximum atomic E-state index is 14.1. The average molecular weight is 857 g/mol. The number of carbonyl (C=O) groups is 5. The van der Waals surface area contributed by atoms with E-state index in [0.717, 1.165) is 23.7 Å². The summed E-state index contributed by atoms with van der Waals surface area (Å²) in [6.07, 6.45) is -4.54. The molecule has 2 saturated heterocycles. The van der Waals surface area contributed by atoms with Crippen LogP contribution >= 0.6 is 11.6 Å². The number of likely N-dealkylation sites (tertiary alicyclic amines) is 1. The van der Waals surface area contributed by atoms with Crippen LogP contribution in [0, 0.1) is 0 Å². The lowest BCUT2D eigenvalue weighted by molar-refractivity contribution is -0.141. The van der Waals surface area contributed by atoms with E-state index in [-0.39, 0.29) is 66.9 Å². The van der Waals surface area contributed by atoms with Crippen LogP contribution in [0.15, 0.2) is 54.7 Å². The van der Waals surface area contributed by atoms with Gasteiger partial charge in [0.1, 0.15) is 5.82 Å². The number of likely N-dealkylation sites (N-methyl/N-ethyl adjacent to an activating group) is 1. The van der Waals surface area contributed by atoms with Crippen molar-refractivity contribution in [3.8, 4) is 0 Å². The maximum Gasteiger partial charge on any atom is 0.418 e. The van der Waals surface area contributed by atoms with Gasteiger partial charge in [-0.25, -0.2) is 19.4 Å². The Labute approximate surface area is 350 Å². The molecule has 0 aliphatic carbocycles. The smallest absolute Gasteiger partial charge is 0.418 e. The quantitative estimate of drug-likeness (QED) is 0.171. The number of rotatable bonds is 12. The zero-order valence-electron chi connectivity index (χ0n) is 33.4. The lowest BCUT2D eigenvalue weighted by Gasteiger charge is -2.40. The standard InChI is InChI=1S/C41H48ClF3N8O7/c1-3-13-49(4-2)35(54)25-59-38(56)27-9-10-34(47-23-27)50-16-18-51(19-17-50)37(55)33(22-26-20-30(41(43,44)45)36(46)31(42)21-26)60-40(58)52-14-11-29(12-15-52)53-24-28-7-5-6-8-32(28)48-39(53)57/h5-10,20-21,23,29,33H,3-4,11-19,22,24-25,46H2,1-2H3,(H,48,57)/t33-/m1/s1. The van der Waals surface area contributed by atoms with Crippen LogP contribution in [0.2, 0.25) is 5.02 Å². The molecule has 3 aliphatic rings. The fraction of sp³-hybridized carbons (Fsp3) is 0.463. The van der Waals surface area contributed by atoms with Crippen molar-refractivity contribution in [2.45, 2.75) is 64.4 Å². The van der Waals surface area contributed by atoms with Gasteiger partial charge in [0.05, 0.1) is 21.8 Å². The van der Waals surface area contributed by atoms with Gasteiger partial charge in [-0.15, -0.1) is 0 Å². The van der Waals surface area contributed by atoms with E-state index in [1.165, 1.54) is 28.1 Å². The number of carbonyl (C=O) groups excluding carboxylic acids is 5. The largest absolute Gasteiger partial charge is 0.452 e. The molecule has 15 nitrogen and oxygen atoms in total. The molecule has 322 valence electrons. The minimum Gasteiger partial charge on any atom is -0.452 e. The summed E-state index contributed by atoms with van der Waals surface area (Å²) in [4.78, 5) is 78.2. The molecule has 1 atom stereocenters. The number of urea groups is 1. The van der Waals surface area contributed by atoms with Gasteiger partial charge in [-0.3, -0.25) is 9.59 Å². The van der Waals surface area contributed by atoms with Gasteiger partial charge in [-0.05, 0) is 67.6 Å². The third kappa shape index (κ3) is 10.3. The van der Waals surface area contributed by atoms with E-state index in [2.05, 4.69) is 10.3 Å². The number of alkyl halides is 3. The predicted octanol–water partition coefficient (Wildman–Crippen LogP) is 5.66. The Morgan fingerprint density at radius 3 is 2.37 bits per heavy atom. The van der Waals surface area contributed by atoms with Gasteiger partial charge < -0.3 is 45.0 Å². The van der Waals surface area contributed by atoms with E-state index in [1.54, 1.807) is 15.9 Å². The van der Waals surface area contributed by atoms with Crippen molar-refractivity contribution in [3.05, 3.63) is 82.0 Å². The number of nitrogen functional groups attached to an aromatic ring is 1. The van der Waals surface area contributed by atoms with E-state index in [0.29, 0.717) is 51.4 Å². The first-order valence-electron chi connectivity index (χ1n) is 19.9. The number of nitrogens with two attached hydrogens (primary N) is 1. The number of piperidine rings is 1. The highest BCUT2D eigenvalue weighted by Crippen LogP contribution is 2.38. The lowest BCUT2D eigenvalue weighted by Crippen LogP contribution is -2.54. The summed E-state index contributed by atoms with van der Waals surface area (Å²) in [5.41, 5.74) is 5.72. The van der Waals surface area contributed by atoms with Crippen molar-refractivity contribution >= 4 is 58.7 Å². The predicted molar refractivity (Wildman–Crippen MR) is 216 cm³/mol. The zero-order valence-corrected chi connectivity index (χ0v) is 34.1. The third-order valence-electron chi connectivity index (χ3n) is 10.9. The number of esters is 1. The second kappa shape index (κ2) is 19.1. The minimum atomic E-state index is -4.83. The van der Waals surface area contributed by atoms with Gasteiger partial charge in [0.25, 0.3) is 11.8 Å². The molecule has 3 N–H and O–H groups in total. The molecule has 19 heteroatoms. The fourth-order valence-corrected chi connectivity index (χ4v) is 7.82. The van der Waals surface area contributed by atoms with Gasteiger partial charge in [0.2, 0.25) is 0 Å². The van der Waals surface area contributed by atoms with Gasteiger partial charge in [0.15, 0.2) is 12.7 Å². The van der Waals surface area contributed by atoms with Crippen molar-refractivity contribution in [2.75, 3.05) is 74.9 Å². The molecule has 5 amide bonds. The zero-order chi connectivity index (χ0) is 43.1. The number of nitrogens with zero attached hydrogens (tertiary/aromatic N) is 6. The molecule has 2 aromatic carbocycles. The highest BCUT2D eigenvalue weighted by Gasteiger charge is 2.38. The molecule has 1 aromatic heterocycles. The fourth-order valence-electron chi connectivity index (χ4n) is 7.58. The number of aromatic nitrogens is 1. The number of nitrogens with one attached hydrogen (secondary N) is 1. The summed E-state index contributed by atoms with van der Waals surface area (Å²) in [5, 5.41) is 2.55. The SMILES string of the molecule is CCCN(CC)C(=O)COC(=O)c1ccc(N2CCN(C(=O)[C@@H](Cc3cc(Cl)c(N)c(C(F)(F)F)c3)OC(=O)N3CCC(N4Cc5ccccc5NC4=O)CC3)CC2)nc1. The van der Waals surface area contributed by atoms with E-state index < -0.39 is 47.9 Å². The summed E-state index contributed by atoms with van der Waals surface area (Å²) in [6.45, 7) is 6.26. The molecule has 2 fully saturated rings. The summed E-state index contributed by atoms with van der Waals surface area (Å²) in [5.74, 6) is -1.07. The van der Waals surface area contributed by atoms with Crippen LogP contribution in [0.5, 0.6) is 0 Å². The summed E-state index contributed by atoms with van der Waals surface area (Å²) >= 11 is 6.12. The maximum absolute atomic E-state index is 14.1. The summed E-state index contributed by atoms with van der Waals surface area (Å²) in [7, 11) is 0. The Hall–Kier alpha value is -5.78. The second-order valence-corrected chi connectivity index (χ2v) is 15.2. The van der Waals surface area contributed by atoms with E-state index in [9.17, 15) is 37.1 Å². The number of hydrogen-bond donors (Lipinski definition) is 2. The van der Waals surface area contributed by atoms with Crippen LogP contribution in [0.4, 0.5) is 40.0 Å². The van der Waals surface area contributed by atoms with Crippen LogP contribution in [0.1, 0.15) is 60.2 Å². The normalized spacial score (nSPS) is 16.5. The summed E-state index contributed by atoms with van der Waals surface area (Å²) in [6, 6.07) is 12.3. The Morgan fingerprint density at radius 2 is 1.72 bits per heavy atom. The van der Waals surface area contributed by atoms with Crippen LogP contribution in [-0.2, 0) is 38.2 Å². The Morgan fingerprint density at radius 1 is 1.00 bits per heavy atom. The number of piperazine rings is 1. The van der Waals surface area contributed by atoms with Crippen molar-refractivity contribution in [1.82, 2.24) is 24.6 Å². The third-order valence-corrected chi connectivity index (χ3v) is 11.2. The Kier molecular flexibility index (Phi) is 13.9. The molecular formula is C41H48ClF3N8O7. The van der Waals surface area contributed by atoms with E-state index in [1.807, 2.05) is 43.0 Å². The number of para-hydroxylation sites is 1. The van der Waals surface area contributed by atoms with Gasteiger partial charge in [-0.1, -0.05) is 36.7 Å². The monoisotopic (exact) mass is 856 g/mol. The van der Waals surface area contributed by atoms with Crippen LogP contribution in [-0.4, -0.2) is 126 Å². The molecule has 0 bridgehead atoms. The molecule has 0 saturated carbocycles. The first-order chi connectivity index (χ1) is 28.7. The number of anilines is 3. The number of halogens is 4. The first kappa shape index (κ1) is 43.8. The number of amides is 5. The molecule has 3 aliphatic heterocycles. The van der Waals surface area contributed by atoms with E-state index in [4.69, 9.17) is 26.8 Å². The molecular weight excluding hydrogens is 809 g/mol. The van der Waals surface area contributed by atoms with Crippen LogP contribution in [0.25, 0.3) is 0 Å². The molecule has 4 heterocycles. The molecule has 6 rings (SSSR count). The van der Waals surface area contributed by atoms with E-state index >= 15 is 0 Å². The van der Waals surface area contributed by atoms with Crippen LogP contribution < -0.4 is 16.0 Å². The molecule has 0 radical (unpaired) electrons. The number of benzene rings is 2. The Bertz CT molecular complexity index is 2060. The highest BCUT2D eigenvalue weighted by atomic mass is 35.5. The minimum absolute atomic E-state index is 0.00255. The Balaban J connectivity index is 1.09. The van der Waals surface area contributed by atoms with Crippen molar-refractivity contribution in [1.29, 1.82) is 0 Å². The molecule has 0 spiro atoms. The first-order valence-corrected chi connectivity index (χ1v) is 20.2. The van der Waals surface area contributed by atoms with Crippen molar-refractivity contribution in [2.24, 2.45) is 0 Å². The number of hydrogen-bond acceptors (Lipinski definition) is 10. The topological polar surface area (TPSA) is 171 Å². The van der Waals surface area contributed by atoms with Gasteiger partial charge in [-0.2, -0.15) is 13.2 Å². The molecule has 3 aromatic rings. The molecule has 0 unspecified atom stereocenters. The van der Waals surface area contributed by atoms with Gasteiger partial charge >= 0.3 is 24.3 Å². The number of ether oxygens (including phenoxy) is 2. The second-order valence-electron chi connectivity index (χ2n) is 14.8.